The number of ether oxygens (including phenoxy) is 1. The fourth-order valence-corrected chi connectivity index (χ4v) is 5.76. The molecule has 0 aliphatic heterocycles. The second kappa shape index (κ2) is 12.8. The van der Waals surface area contributed by atoms with Crippen molar-refractivity contribution in [3.05, 3.63) is 58.1 Å². The first-order valence-electron chi connectivity index (χ1n) is 12.2. The van der Waals surface area contributed by atoms with Crippen LogP contribution in [0.3, 0.4) is 0 Å². The van der Waals surface area contributed by atoms with Gasteiger partial charge in [0.2, 0.25) is 21.8 Å². The lowest BCUT2D eigenvalue weighted by Crippen LogP contribution is -2.53. The molecule has 1 atom stereocenters. The highest BCUT2D eigenvalue weighted by molar-refractivity contribution is 7.92. The second-order valence-electron chi connectivity index (χ2n) is 9.11. The number of nitrogens with one attached hydrogen (secondary N) is 1. The minimum atomic E-state index is -3.93. The first-order valence-corrected chi connectivity index (χ1v) is 14.8. The summed E-state index contributed by atoms with van der Waals surface area (Å²) in [5.41, 5.74) is 0.780. The largest absolute Gasteiger partial charge is 0.495 e. The number of amides is 2. The van der Waals surface area contributed by atoms with E-state index in [4.69, 9.17) is 27.9 Å². The van der Waals surface area contributed by atoms with E-state index < -0.39 is 28.5 Å². The van der Waals surface area contributed by atoms with Gasteiger partial charge in [0.1, 0.15) is 18.3 Å². The zero-order valence-corrected chi connectivity index (χ0v) is 23.6. The summed E-state index contributed by atoms with van der Waals surface area (Å²) in [6.45, 7) is 1.31. The fraction of sp³-hybridized carbons (Fsp3) is 0.462. The Labute approximate surface area is 228 Å². The van der Waals surface area contributed by atoms with Crippen LogP contribution in [-0.2, 0) is 26.2 Å². The lowest BCUT2D eigenvalue weighted by Gasteiger charge is -2.33. The third-order valence-electron chi connectivity index (χ3n) is 6.47. The van der Waals surface area contributed by atoms with Gasteiger partial charge in [-0.25, -0.2) is 8.42 Å². The molecule has 37 heavy (non-hydrogen) atoms. The maximum Gasteiger partial charge on any atom is 0.244 e. The van der Waals surface area contributed by atoms with Crippen LogP contribution in [0.15, 0.2) is 42.5 Å². The third kappa shape index (κ3) is 7.52. The molecule has 2 aromatic carbocycles. The van der Waals surface area contributed by atoms with E-state index in [1.54, 1.807) is 30.3 Å². The van der Waals surface area contributed by atoms with Crippen LogP contribution in [0.5, 0.6) is 5.75 Å². The number of benzene rings is 2. The van der Waals surface area contributed by atoms with E-state index in [1.165, 1.54) is 24.1 Å². The Morgan fingerprint density at radius 1 is 1.14 bits per heavy atom. The second-order valence-corrected chi connectivity index (χ2v) is 11.9. The number of carbonyl (C=O) groups is 2. The fourth-order valence-electron chi connectivity index (χ4n) is 4.55. The predicted molar refractivity (Wildman–Crippen MR) is 147 cm³/mol. The smallest absolute Gasteiger partial charge is 0.244 e. The molecule has 8 nitrogen and oxygen atoms in total. The molecule has 1 fully saturated rings. The zero-order chi connectivity index (χ0) is 27.2. The summed E-state index contributed by atoms with van der Waals surface area (Å²) < 4.78 is 32.0. The van der Waals surface area contributed by atoms with Gasteiger partial charge in [0, 0.05) is 22.6 Å². The normalized spacial score (nSPS) is 14.7. The monoisotopic (exact) mass is 569 g/mol. The van der Waals surface area contributed by atoms with Gasteiger partial charge in [0.15, 0.2) is 0 Å². The van der Waals surface area contributed by atoms with Gasteiger partial charge in [-0.15, -0.1) is 0 Å². The first kappa shape index (κ1) is 29.1. The Morgan fingerprint density at radius 3 is 2.41 bits per heavy atom. The number of carbonyl (C=O) groups excluding carboxylic acids is 2. The number of nitrogens with zero attached hydrogens (tertiary/aromatic N) is 2. The molecule has 0 spiro atoms. The minimum absolute atomic E-state index is 0.0411. The molecule has 11 heteroatoms. The van der Waals surface area contributed by atoms with Gasteiger partial charge in [-0.3, -0.25) is 13.9 Å². The highest BCUT2D eigenvalue weighted by Gasteiger charge is 2.34. The standard InChI is InChI=1S/C26H33Cl2N3O5S/c1-4-22(26(33)29-20-10-6-7-11-20)30(16-18-9-5-8-12-21(18)28)25(32)17-31(37(3,34)35)23-15-19(27)13-14-24(23)36-2/h5,8-9,12-15,20,22H,4,6-7,10-11,16-17H2,1-3H3,(H,29,33). The molecule has 3 rings (SSSR count). The van der Waals surface area contributed by atoms with Gasteiger partial charge in [0.25, 0.3) is 0 Å². The van der Waals surface area contributed by atoms with E-state index in [9.17, 15) is 18.0 Å². The van der Waals surface area contributed by atoms with Crippen molar-refractivity contribution >= 4 is 50.7 Å². The molecule has 0 saturated heterocycles. The van der Waals surface area contributed by atoms with Crippen LogP contribution >= 0.6 is 23.2 Å². The van der Waals surface area contributed by atoms with Crippen molar-refractivity contribution < 1.29 is 22.7 Å². The lowest BCUT2D eigenvalue weighted by atomic mass is 10.1. The van der Waals surface area contributed by atoms with Crippen molar-refractivity contribution in [3.8, 4) is 5.75 Å². The molecule has 0 radical (unpaired) electrons. The van der Waals surface area contributed by atoms with E-state index in [2.05, 4.69) is 5.32 Å². The van der Waals surface area contributed by atoms with Crippen LogP contribution < -0.4 is 14.4 Å². The molecule has 1 aliphatic carbocycles. The van der Waals surface area contributed by atoms with E-state index >= 15 is 0 Å². The van der Waals surface area contributed by atoms with Gasteiger partial charge in [0.05, 0.1) is 19.1 Å². The molecular weight excluding hydrogens is 537 g/mol. The van der Waals surface area contributed by atoms with Crippen LogP contribution in [0.4, 0.5) is 5.69 Å². The maximum absolute atomic E-state index is 13.8. The average Bonchev–Trinajstić information content (AvgIpc) is 3.35. The maximum atomic E-state index is 13.8. The van der Waals surface area contributed by atoms with Crippen molar-refractivity contribution in [1.29, 1.82) is 0 Å². The summed E-state index contributed by atoms with van der Waals surface area (Å²) >= 11 is 12.5. The minimum Gasteiger partial charge on any atom is -0.495 e. The zero-order valence-electron chi connectivity index (χ0n) is 21.2. The van der Waals surface area contributed by atoms with Gasteiger partial charge in [-0.1, -0.05) is 61.2 Å². The van der Waals surface area contributed by atoms with Crippen molar-refractivity contribution in [2.75, 3.05) is 24.2 Å². The van der Waals surface area contributed by atoms with Crippen molar-refractivity contribution in [3.63, 3.8) is 0 Å². The first-order chi connectivity index (χ1) is 17.5. The van der Waals surface area contributed by atoms with Crippen LogP contribution in [0, 0.1) is 0 Å². The quantitative estimate of drug-likeness (QED) is 0.425. The topological polar surface area (TPSA) is 96.0 Å². The SMILES string of the molecule is CCC(C(=O)NC1CCCC1)N(Cc1ccccc1Cl)C(=O)CN(c1cc(Cl)ccc1OC)S(C)(=O)=O. The number of rotatable bonds is 11. The van der Waals surface area contributed by atoms with Crippen LogP contribution in [0.1, 0.15) is 44.6 Å². The summed E-state index contributed by atoms with van der Waals surface area (Å²) in [4.78, 5) is 28.6. The number of sulfonamides is 1. The summed E-state index contributed by atoms with van der Waals surface area (Å²) in [6, 6.07) is 10.8. The Bertz CT molecular complexity index is 1220. The summed E-state index contributed by atoms with van der Waals surface area (Å²) in [6.07, 6.45) is 5.24. The highest BCUT2D eigenvalue weighted by Crippen LogP contribution is 2.33. The number of anilines is 1. The van der Waals surface area contributed by atoms with Crippen molar-refractivity contribution in [1.82, 2.24) is 10.2 Å². The van der Waals surface area contributed by atoms with Gasteiger partial charge < -0.3 is 15.0 Å². The molecule has 2 amide bonds. The van der Waals surface area contributed by atoms with Crippen LogP contribution in [0.2, 0.25) is 10.0 Å². The summed E-state index contributed by atoms with van der Waals surface area (Å²) in [7, 11) is -2.53. The van der Waals surface area contributed by atoms with Crippen molar-refractivity contribution in [2.45, 2.75) is 57.7 Å². The molecule has 0 heterocycles. The Balaban J connectivity index is 1.98. The number of hydrogen-bond acceptors (Lipinski definition) is 5. The van der Waals surface area contributed by atoms with Crippen molar-refractivity contribution in [2.24, 2.45) is 0 Å². The molecule has 2 aromatic rings. The molecule has 1 N–H and O–H groups in total. The molecule has 0 bridgehead atoms. The predicted octanol–water partition coefficient (Wildman–Crippen LogP) is 4.63. The number of hydrogen-bond donors (Lipinski definition) is 1. The lowest BCUT2D eigenvalue weighted by molar-refractivity contribution is -0.140. The van der Waals surface area contributed by atoms with E-state index in [1.807, 2.05) is 6.92 Å². The van der Waals surface area contributed by atoms with Gasteiger partial charge >= 0.3 is 0 Å². The van der Waals surface area contributed by atoms with Gasteiger partial charge in [-0.2, -0.15) is 0 Å². The molecule has 1 unspecified atom stereocenters. The Kier molecular flexibility index (Phi) is 10.1. The third-order valence-corrected chi connectivity index (χ3v) is 8.21. The van der Waals surface area contributed by atoms with E-state index in [0.717, 1.165) is 36.2 Å². The van der Waals surface area contributed by atoms with Gasteiger partial charge in [-0.05, 0) is 49.1 Å². The molecule has 202 valence electrons. The van der Waals surface area contributed by atoms with E-state index in [-0.39, 0.29) is 35.0 Å². The highest BCUT2D eigenvalue weighted by atomic mass is 35.5. The number of halogens is 2. The summed E-state index contributed by atoms with van der Waals surface area (Å²) in [5, 5.41) is 3.80. The Morgan fingerprint density at radius 2 is 1.81 bits per heavy atom. The molecule has 0 aromatic heterocycles. The number of methoxy groups -OCH3 is 1. The molecule has 1 aliphatic rings. The Hall–Kier alpha value is -2.49. The average molecular weight is 571 g/mol. The molecule has 1 saturated carbocycles. The molecular formula is C26H33Cl2N3O5S. The van der Waals surface area contributed by atoms with E-state index in [0.29, 0.717) is 17.0 Å². The summed E-state index contributed by atoms with van der Waals surface area (Å²) in [5.74, 6) is -0.576. The van der Waals surface area contributed by atoms with Crippen LogP contribution in [-0.4, -0.2) is 57.1 Å². The van der Waals surface area contributed by atoms with Crippen LogP contribution in [0.25, 0.3) is 0 Å².